The van der Waals surface area contributed by atoms with Crippen LogP contribution in [0.1, 0.15) is 19.8 Å². The topological polar surface area (TPSA) is 24.5 Å². The lowest BCUT2D eigenvalue weighted by atomic mass is 10.0. The van der Waals surface area contributed by atoms with Gasteiger partial charge in [0, 0.05) is 24.8 Å². The molecule has 0 amide bonds. The average molecular weight is 264 g/mol. The molecule has 0 unspecified atom stereocenters. The summed E-state index contributed by atoms with van der Waals surface area (Å²) in [5.74, 6) is 1.57. The van der Waals surface area contributed by atoms with E-state index < -0.39 is 0 Å². The molecule has 1 N–H and O–H groups in total. The number of ether oxygens (including phenoxy) is 1. The molecular weight excluding hydrogens is 244 g/mol. The van der Waals surface area contributed by atoms with Gasteiger partial charge in [-0.05, 0) is 43.1 Å². The lowest BCUT2D eigenvalue weighted by Gasteiger charge is -2.33. The number of hydrogen-bond donors (Lipinski definition) is 1. The highest BCUT2D eigenvalue weighted by Crippen LogP contribution is 2.19. The molecule has 1 aliphatic heterocycles. The maximum atomic E-state index is 5.46. The Labute approximate surface area is 114 Å². The molecule has 1 aliphatic rings. The summed E-state index contributed by atoms with van der Waals surface area (Å²) in [4.78, 5) is 2.25. The van der Waals surface area contributed by atoms with E-state index in [0.717, 1.165) is 35.6 Å². The second-order valence-corrected chi connectivity index (χ2v) is 5.24. The van der Waals surface area contributed by atoms with Crippen LogP contribution in [0, 0.1) is 5.92 Å². The first-order valence-corrected chi connectivity index (χ1v) is 6.80. The van der Waals surface area contributed by atoms with Crippen LogP contribution >= 0.6 is 12.2 Å². The molecule has 98 valence electrons. The summed E-state index contributed by atoms with van der Waals surface area (Å²) in [6.07, 6.45) is 2.53. The van der Waals surface area contributed by atoms with Gasteiger partial charge in [0.2, 0.25) is 0 Å². The van der Waals surface area contributed by atoms with Gasteiger partial charge < -0.3 is 15.0 Å². The molecule has 1 aromatic carbocycles. The number of rotatable bonds is 2. The van der Waals surface area contributed by atoms with Crippen LogP contribution in [-0.2, 0) is 0 Å². The van der Waals surface area contributed by atoms with Crippen LogP contribution in [-0.4, -0.2) is 30.2 Å². The quantitative estimate of drug-likeness (QED) is 0.830. The van der Waals surface area contributed by atoms with E-state index in [1.54, 1.807) is 7.11 Å². The van der Waals surface area contributed by atoms with Crippen LogP contribution in [0.15, 0.2) is 24.3 Å². The normalized spacial score (nSPS) is 19.4. The third-order valence-electron chi connectivity index (χ3n) is 3.27. The predicted octanol–water partition coefficient (Wildman–Crippen LogP) is 3.12. The first kappa shape index (κ1) is 13.1. The highest BCUT2D eigenvalue weighted by Gasteiger charge is 2.18. The molecule has 0 aromatic heterocycles. The minimum absolute atomic E-state index is 0.726. The van der Waals surface area contributed by atoms with Crippen LogP contribution < -0.4 is 10.1 Å². The van der Waals surface area contributed by atoms with Crippen LogP contribution in [0.4, 0.5) is 5.69 Å². The van der Waals surface area contributed by atoms with E-state index in [-0.39, 0.29) is 0 Å². The van der Waals surface area contributed by atoms with Crippen molar-refractivity contribution in [1.82, 2.24) is 4.90 Å². The fraction of sp³-hybridized carbons (Fsp3) is 0.500. The molecule has 1 heterocycles. The van der Waals surface area contributed by atoms with Crippen molar-refractivity contribution in [3.05, 3.63) is 24.3 Å². The largest absolute Gasteiger partial charge is 0.497 e. The summed E-state index contributed by atoms with van der Waals surface area (Å²) in [7, 11) is 1.67. The van der Waals surface area contributed by atoms with E-state index in [1.165, 1.54) is 12.8 Å². The van der Waals surface area contributed by atoms with Gasteiger partial charge in [0.05, 0.1) is 7.11 Å². The molecule has 1 fully saturated rings. The van der Waals surface area contributed by atoms with Crippen molar-refractivity contribution in [2.45, 2.75) is 19.8 Å². The van der Waals surface area contributed by atoms with E-state index in [0.29, 0.717) is 0 Å². The van der Waals surface area contributed by atoms with Crippen LogP contribution in [0.5, 0.6) is 5.75 Å². The standard InChI is InChI=1S/C14H20N2OS/c1-11-5-4-8-16(10-11)14(18)15-12-6-3-7-13(9-12)17-2/h3,6-7,9,11H,4-5,8,10H2,1-2H3,(H,15,18)/t11-/m1/s1. The Morgan fingerprint density at radius 1 is 1.50 bits per heavy atom. The lowest BCUT2D eigenvalue weighted by molar-refractivity contribution is 0.276. The minimum Gasteiger partial charge on any atom is -0.497 e. The zero-order valence-electron chi connectivity index (χ0n) is 11.0. The summed E-state index contributed by atoms with van der Waals surface area (Å²) in [6.45, 7) is 4.39. The molecular formula is C14H20N2OS. The van der Waals surface area contributed by atoms with Gasteiger partial charge in [0.25, 0.3) is 0 Å². The second kappa shape index (κ2) is 6.05. The molecule has 3 nitrogen and oxygen atoms in total. The molecule has 2 rings (SSSR count). The number of hydrogen-bond acceptors (Lipinski definition) is 2. The van der Waals surface area contributed by atoms with Crippen molar-refractivity contribution in [3.8, 4) is 5.75 Å². The Morgan fingerprint density at radius 3 is 3.06 bits per heavy atom. The number of nitrogens with one attached hydrogen (secondary N) is 1. The first-order chi connectivity index (χ1) is 8.69. The summed E-state index contributed by atoms with van der Waals surface area (Å²) in [5, 5.41) is 4.10. The molecule has 0 saturated carbocycles. The molecule has 0 bridgehead atoms. The van der Waals surface area contributed by atoms with Gasteiger partial charge in [0.1, 0.15) is 5.75 Å². The van der Waals surface area contributed by atoms with Gasteiger partial charge >= 0.3 is 0 Å². The number of methoxy groups -OCH3 is 1. The third-order valence-corrected chi connectivity index (χ3v) is 3.63. The van der Waals surface area contributed by atoms with Crippen molar-refractivity contribution in [1.29, 1.82) is 0 Å². The Bertz CT molecular complexity index is 422. The summed E-state index contributed by atoms with van der Waals surface area (Å²) in [5.41, 5.74) is 0.984. The number of piperidine rings is 1. The third kappa shape index (κ3) is 3.35. The van der Waals surface area contributed by atoms with E-state index in [9.17, 15) is 0 Å². The summed E-state index contributed by atoms with van der Waals surface area (Å²) < 4.78 is 5.20. The van der Waals surface area contributed by atoms with Gasteiger partial charge in [-0.2, -0.15) is 0 Å². The van der Waals surface area contributed by atoms with E-state index >= 15 is 0 Å². The Balaban J connectivity index is 1.97. The SMILES string of the molecule is COc1cccc(NC(=S)N2CCC[C@@H](C)C2)c1. The molecule has 1 atom stereocenters. The van der Waals surface area contributed by atoms with Crippen molar-refractivity contribution < 1.29 is 4.74 Å². The van der Waals surface area contributed by atoms with Gasteiger partial charge in [-0.1, -0.05) is 13.0 Å². The molecule has 4 heteroatoms. The number of benzene rings is 1. The second-order valence-electron chi connectivity index (χ2n) is 4.86. The first-order valence-electron chi connectivity index (χ1n) is 6.39. The smallest absolute Gasteiger partial charge is 0.173 e. The predicted molar refractivity (Wildman–Crippen MR) is 79.2 cm³/mol. The maximum absolute atomic E-state index is 5.46. The highest BCUT2D eigenvalue weighted by atomic mass is 32.1. The fourth-order valence-corrected chi connectivity index (χ4v) is 2.56. The number of thiocarbonyl (C=S) groups is 1. The lowest BCUT2D eigenvalue weighted by Crippen LogP contribution is -2.41. The van der Waals surface area contributed by atoms with Crippen molar-refractivity contribution >= 4 is 23.0 Å². The Kier molecular flexibility index (Phi) is 4.42. The molecule has 0 aliphatic carbocycles. The van der Waals surface area contributed by atoms with Crippen LogP contribution in [0.3, 0.4) is 0 Å². The van der Waals surface area contributed by atoms with Crippen molar-refractivity contribution in [2.75, 3.05) is 25.5 Å². The minimum atomic E-state index is 0.726. The van der Waals surface area contributed by atoms with Crippen molar-refractivity contribution in [3.63, 3.8) is 0 Å². The average Bonchev–Trinajstić information content (AvgIpc) is 2.39. The molecule has 18 heavy (non-hydrogen) atoms. The summed E-state index contributed by atoms with van der Waals surface area (Å²) >= 11 is 5.46. The number of likely N-dealkylation sites (tertiary alicyclic amines) is 1. The zero-order valence-corrected chi connectivity index (χ0v) is 11.8. The maximum Gasteiger partial charge on any atom is 0.173 e. The van der Waals surface area contributed by atoms with E-state index in [4.69, 9.17) is 17.0 Å². The number of anilines is 1. The van der Waals surface area contributed by atoms with Crippen LogP contribution in [0.25, 0.3) is 0 Å². The van der Waals surface area contributed by atoms with Gasteiger partial charge in [0.15, 0.2) is 5.11 Å². The fourth-order valence-electron chi connectivity index (χ4n) is 2.28. The molecule has 1 saturated heterocycles. The molecule has 0 radical (unpaired) electrons. The zero-order chi connectivity index (χ0) is 13.0. The Morgan fingerprint density at radius 2 is 2.33 bits per heavy atom. The number of nitrogens with zero attached hydrogens (tertiary/aromatic N) is 1. The Hall–Kier alpha value is -1.29. The molecule has 1 aromatic rings. The van der Waals surface area contributed by atoms with Gasteiger partial charge in [-0.3, -0.25) is 0 Å². The van der Waals surface area contributed by atoms with Gasteiger partial charge in [-0.15, -0.1) is 0 Å². The monoisotopic (exact) mass is 264 g/mol. The molecule has 0 spiro atoms. The van der Waals surface area contributed by atoms with Crippen molar-refractivity contribution in [2.24, 2.45) is 5.92 Å². The highest BCUT2D eigenvalue weighted by molar-refractivity contribution is 7.80. The van der Waals surface area contributed by atoms with E-state index in [1.807, 2.05) is 24.3 Å². The summed E-state index contributed by atoms with van der Waals surface area (Å²) in [6, 6.07) is 7.85. The van der Waals surface area contributed by atoms with E-state index in [2.05, 4.69) is 17.1 Å². The van der Waals surface area contributed by atoms with Crippen LogP contribution in [0.2, 0.25) is 0 Å². The van der Waals surface area contributed by atoms with Gasteiger partial charge in [-0.25, -0.2) is 0 Å².